The normalized spacial score (nSPS) is 11.4. The van der Waals surface area contributed by atoms with E-state index in [4.69, 9.17) is 4.74 Å². The first-order valence-electron chi connectivity index (χ1n) is 9.36. The second-order valence-electron chi connectivity index (χ2n) is 6.64. The number of rotatable bonds is 7. The molecule has 0 bridgehead atoms. The highest BCUT2D eigenvalue weighted by molar-refractivity contribution is 6.04. The molecule has 0 saturated heterocycles. The molecular weight excluding hydrogens is 402 g/mol. The summed E-state index contributed by atoms with van der Waals surface area (Å²) in [7, 11) is 0. The largest absolute Gasteiger partial charge is 0.451 e. The lowest BCUT2D eigenvalue weighted by atomic mass is 10.1. The molecule has 1 unspecified atom stereocenters. The Morgan fingerprint density at radius 3 is 2.52 bits per heavy atom. The molecule has 0 aromatic heterocycles. The summed E-state index contributed by atoms with van der Waals surface area (Å²) in [5, 5.41) is 17.6. The monoisotopic (exact) mass is 421 g/mol. The fraction of sp³-hybridized carbons (Fsp3) is 0.136. The predicted octanol–water partition coefficient (Wildman–Crippen LogP) is 3.05. The number of non-ortho nitro benzene ring substituents is 1. The minimum absolute atomic E-state index is 0.0312. The van der Waals surface area contributed by atoms with Crippen molar-refractivity contribution in [3.63, 3.8) is 0 Å². The minimum atomic E-state index is -1.10. The van der Waals surface area contributed by atoms with Crippen LogP contribution in [0.15, 0.2) is 66.7 Å². The molecule has 2 N–H and O–H groups in total. The summed E-state index contributed by atoms with van der Waals surface area (Å²) in [5.41, 5.74) is 0.377. The Morgan fingerprint density at radius 1 is 1.03 bits per heavy atom. The number of nitrogens with one attached hydrogen (secondary N) is 2. The van der Waals surface area contributed by atoms with Crippen molar-refractivity contribution < 1.29 is 24.0 Å². The lowest BCUT2D eigenvalue weighted by Gasteiger charge is -2.15. The molecule has 3 aromatic carbocycles. The molecule has 31 heavy (non-hydrogen) atoms. The van der Waals surface area contributed by atoms with E-state index in [9.17, 15) is 24.5 Å². The summed E-state index contributed by atoms with van der Waals surface area (Å²) in [6.45, 7) is 0.925. The minimum Gasteiger partial charge on any atom is -0.451 e. The second-order valence-corrected chi connectivity index (χ2v) is 6.64. The number of ether oxygens (including phenoxy) is 1. The van der Waals surface area contributed by atoms with Crippen molar-refractivity contribution in [1.29, 1.82) is 0 Å². The highest BCUT2D eigenvalue weighted by Gasteiger charge is 2.19. The molecule has 0 heterocycles. The Labute approximate surface area is 177 Å². The number of amides is 2. The van der Waals surface area contributed by atoms with Gasteiger partial charge < -0.3 is 15.4 Å². The standard InChI is InChI=1S/C22H19N3O6/c1-14(21(27)24-19-11-5-7-15-6-2-3-10-18(15)19)31-20(26)13-23-22(28)16-8-4-9-17(12-16)25(29)30/h2-12,14H,13H2,1H3,(H,23,28)(H,24,27). The summed E-state index contributed by atoms with van der Waals surface area (Å²) in [6, 6.07) is 18.1. The first kappa shape index (κ1) is 21.4. The molecule has 0 spiro atoms. The van der Waals surface area contributed by atoms with Gasteiger partial charge in [-0.3, -0.25) is 24.5 Å². The number of esters is 1. The van der Waals surface area contributed by atoms with Crippen molar-refractivity contribution in [2.75, 3.05) is 11.9 Å². The van der Waals surface area contributed by atoms with Crippen LogP contribution in [-0.4, -0.2) is 35.4 Å². The summed E-state index contributed by atoms with van der Waals surface area (Å²) < 4.78 is 5.07. The van der Waals surface area contributed by atoms with Gasteiger partial charge in [-0.05, 0) is 24.4 Å². The van der Waals surface area contributed by atoms with Crippen LogP contribution in [0.3, 0.4) is 0 Å². The van der Waals surface area contributed by atoms with Crippen LogP contribution in [0.4, 0.5) is 11.4 Å². The number of benzene rings is 3. The quantitative estimate of drug-likeness (QED) is 0.343. The van der Waals surface area contributed by atoms with Crippen LogP contribution in [0.5, 0.6) is 0 Å². The SMILES string of the molecule is CC(OC(=O)CNC(=O)c1cccc([N+](=O)[O-])c1)C(=O)Nc1cccc2ccccc12. The zero-order chi connectivity index (χ0) is 22.4. The highest BCUT2D eigenvalue weighted by Crippen LogP contribution is 2.23. The van der Waals surface area contributed by atoms with E-state index in [0.717, 1.165) is 16.8 Å². The molecule has 0 aliphatic carbocycles. The summed E-state index contributed by atoms with van der Waals surface area (Å²) in [4.78, 5) is 46.7. The van der Waals surface area contributed by atoms with Crippen molar-refractivity contribution in [1.82, 2.24) is 5.32 Å². The Morgan fingerprint density at radius 2 is 1.74 bits per heavy atom. The lowest BCUT2D eigenvalue weighted by molar-refractivity contribution is -0.384. The smallest absolute Gasteiger partial charge is 0.326 e. The molecule has 9 heteroatoms. The van der Waals surface area contributed by atoms with Gasteiger partial charge in [0.1, 0.15) is 6.54 Å². The van der Waals surface area contributed by atoms with Crippen LogP contribution < -0.4 is 10.6 Å². The molecule has 3 rings (SSSR count). The molecule has 0 fully saturated rings. The van der Waals surface area contributed by atoms with Gasteiger partial charge in [0.25, 0.3) is 17.5 Å². The van der Waals surface area contributed by atoms with E-state index in [0.29, 0.717) is 5.69 Å². The predicted molar refractivity (Wildman–Crippen MR) is 114 cm³/mol. The number of carbonyl (C=O) groups is 3. The van der Waals surface area contributed by atoms with E-state index in [1.165, 1.54) is 25.1 Å². The van der Waals surface area contributed by atoms with Crippen molar-refractivity contribution >= 4 is 39.9 Å². The molecule has 9 nitrogen and oxygen atoms in total. The van der Waals surface area contributed by atoms with Crippen LogP contribution in [0, 0.1) is 10.1 Å². The van der Waals surface area contributed by atoms with Gasteiger partial charge >= 0.3 is 5.97 Å². The zero-order valence-corrected chi connectivity index (χ0v) is 16.5. The van der Waals surface area contributed by atoms with E-state index < -0.39 is 35.4 Å². The Bertz CT molecular complexity index is 1160. The van der Waals surface area contributed by atoms with E-state index in [-0.39, 0.29) is 11.3 Å². The third-order valence-electron chi connectivity index (χ3n) is 4.44. The molecule has 0 saturated carbocycles. The van der Waals surface area contributed by atoms with Gasteiger partial charge in [0, 0.05) is 28.8 Å². The maximum absolute atomic E-state index is 12.4. The third kappa shape index (κ3) is 5.41. The number of hydrogen-bond acceptors (Lipinski definition) is 6. The Balaban J connectivity index is 1.54. The van der Waals surface area contributed by atoms with Gasteiger partial charge in [0.05, 0.1) is 4.92 Å². The summed E-state index contributed by atoms with van der Waals surface area (Å²) in [5.74, 6) is -2.01. The van der Waals surface area contributed by atoms with Crippen LogP contribution in [0.25, 0.3) is 10.8 Å². The molecular formula is C22H19N3O6. The molecule has 3 aromatic rings. The molecule has 158 valence electrons. The number of fused-ring (bicyclic) bond motifs is 1. The van der Waals surface area contributed by atoms with Crippen molar-refractivity contribution in [3.05, 3.63) is 82.4 Å². The first-order chi connectivity index (χ1) is 14.8. The van der Waals surface area contributed by atoms with Gasteiger partial charge in [-0.2, -0.15) is 0 Å². The summed E-state index contributed by atoms with van der Waals surface area (Å²) >= 11 is 0. The number of nitro groups is 1. The Kier molecular flexibility index (Phi) is 6.56. The van der Waals surface area contributed by atoms with Crippen molar-refractivity contribution in [3.8, 4) is 0 Å². The van der Waals surface area contributed by atoms with Gasteiger partial charge in [-0.15, -0.1) is 0 Å². The van der Waals surface area contributed by atoms with Crippen LogP contribution in [0.2, 0.25) is 0 Å². The number of carbonyl (C=O) groups excluding carboxylic acids is 3. The molecule has 0 aliphatic rings. The average molecular weight is 421 g/mol. The van der Waals surface area contributed by atoms with E-state index >= 15 is 0 Å². The first-order valence-corrected chi connectivity index (χ1v) is 9.36. The number of hydrogen-bond donors (Lipinski definition) is 2. The molecule has 2 amide bonds. The van der Waals surface area contributed by atoms with Crippen LogP contribution in [0.1, 0.15) is 17.3 Å². The maximum Gasteiger partial charge on any atom is 0.326 e. The Hall–Kier alpha value is -4.27. The van der Waals surface area contributed by atoms with Crippen molar-refractivity contribution in [2.24, 2.45) is 0 Å². The lowest BCUT2D eigenvalue weighted by Crippen LogP contribution is -2.35. The average Bonchev–Trinajstić information content (AvgIpc) is 2.77. The topological polar surface area (TPSA) is 128 Å². The zero-order valence-electron chi connectivity index (χ0n) is 16.5. The van der Waals surface area contributed by atoms with Crippen LogP contribution in [-0.2, 0) is 14.3 Å². The van der Waals surface area contributed by atoms with Gasteiger partial charge in [-0.25, -0.2) is 0 Å². The van der Waals surface area contributed by atoms with Crippen molar-refractivity contribution in [2.45, 2.75) is 13.0 Å². The maximum atomic E-state index is 12.4. The van der Waals surface area contributed by atoms with Gasteiger partial charge in [0.2, 0.25) is 0 Å². The van der Waals surface area contributed by atoms with Gasteiger partial charge in [0.15, 0.2) is 6.10 Å². The van der Waals surface area contributed by atoms with E-state index in [1.807, 2.05) is 30.3 Å². The van der Waals surface area contributed by atoms with Gasteiger partial charge in [-0.1, -0.05) is 42.5 Å². The molecule has 0 radical (unpaired) electrons. The number of nitro benzene ring substituents is 1. The second kappa shape index (κ2) is 9.49. The highest BCUT2D eigenvalue weighted by atomic mass is 16.6. The molecule has 1 atom stereocenters. The fourth-order valence-corrected chi connectivity index (χ4v) is 2.88. The van der Waals surface area contributed by atoms with Crippen LogP contribution >= 0.6 is 0 Å². The fourth-order valence-electron chi connectivity index (χ4n) is 2.88. The third-order valence-corrected chi connectivity index (χ3v) is 4.44. The molecule has 0 aliphatic heterocycles. The van der Waals surface area contributed by atoms with E-state index in [1.54, 1.807) is 12.1 Å². The summed E-state index contributed by atoms with van der Waals surface area (Å²) in [6.07, 6.45) is -1.10. The van der Waals surface area contributed by atoms with E-state index in [2.05, 4.69) is 10.6 Å². The number of nitrogens with zero attached hydrogens (tertiary/aromatic N) is 1. The number of anilines is 1.